The summed E-state index contributed by atoms with van der Waals surface area (Å²) in [5, 5.41) is 2.03. The maximum Gasteiger partial charge on any atom is 0.285 e. The second-order valence-electron chi connectivity index (χ2n) is 6.95. The lowest BCUT2D eigenvalue weighted by Crippen LogP contribution is -2.25. The average Bonchev–Trinajstić information content (AvgIpc) is 3.12. The molecular weight excluding hydrogens is 456 g/mol. The van der Waals surface area contributed by atoms with Crippen LogP contribution in [0.25, 0.3) is 11.3 Å². The van der Waals surface area contributed by atoms with Gasteiger partial charge in [0.25, 0.3) is 10.0 Å². The molecule has 1 heterocycles. The van der Waals surface area contributed by atoms with Gasteiger partial charge in [-0.2, -0.15) is 8.42 Å². The Bertz CT molecular complexity index is 1110. The topological polar surface area (TPSA) is 51.4 Å². The van der Waals surface area contributed by atoms with E-state index in [1.165, 1.54) is 30.6 Å². The van der Waals surface area contributed by atoms with E-state index in [1.54, 1.807) is 24.3 Å². The Labute approximate surface area is 177 Å². The van der Waals surface area contributed by atoms with Gasteiger partial charge in [0.2, 0.25) is 4.80 Å². The standard InChI is InChI=1S/C21H21BrN2O2S2/c22-17-11-13-19(14-12-17)28(25,26)23-21-24(18-9-5-2-6-10-18)20(15-27-21)16-7-3-1-4-8-16/h1,3-4,7-8,11-15,18H,2,5-6,9-10H2/b23-21+. The van der Waals surface area contributed by atoms with Crippen molar-refractivity contribution in [3.63, 3.8) is 0 Å². The van der Waals surface area contributed by atoms with Crippen molar-refractivity contribution >= 4 is 37.3 Å². The lowest BCUT2D eigenvalue weighted by molar-refractivity contribution is 0.351. The summed E-state index contributed by atoms with van der Waals surface area (Å²) in [4.78, 5) is 0.759. The molecule has 2 aromatic carbocycles. The average molecular weight is 477 g/mol. The summed E-state index contributed by atoms with van der Waals surface area (Å²) >= 11 is 4.74. The van der Waals surface area contributed by atoms with Crippen molar-refractivity contribution in [1.82, 2.24) is 4.57 Å². The maximum absolute atomic E-state index is 12.9. The Kier molecular flexibility index (Phi) is 5.85. The highest BCUT2D eigenvalue weighted by Gasteiger charge is 2.22. The molecular formula is C21H21BrN2O2S2. The largest absolute Gasteiger partial charge is 0.313 e. The van der Waals surface area contributed by atoms with E-state index in [4.69, 9.17) is 0 Å². The van der Waals surface area contributed by atoms with Gasteiger partial charge in [0.15, 0.2) is 0 Å². The van der Waals surface area contributed by atoms with Crippen LogP contribution >= 0.6 is 27.3 Å². The minimum Gasteiger partial charge on any atom is -0.313 e. The van der Waals surface area contributed by atoms with Gasteiger partial charge in [0.1, 0.15) is 0 Å². The predicted molar refractivity (Wildman–Crippen MR) is 117 cm³/mol. The van der Waals surface area contributed by atoms with E-state index in [2.05, 4.69) is 37.0 Å². The van der Waals surface area contributed by atoms with Gasteiger partial charge in [-0.3, -0.25) is 0 Å². The number of thiazole rings is 1. The van der Waals surface area contributed by atoms with Crippen LogP contribution in [0.2, 0.25) is 0 Å². The molecule has 4 nitrogen and oxygen atoms in total. The first kappa shape index (κ1) is 19.6. The molecule has 4 rings (SSSR count). The van der Waals surface area contributed by atoms with Crippen molar-refractivity contribution in [2.45, 2.75) is 43.0 Å². The minimum atomic E-state index is -3.77. The SMILES string of the molecule is O=S(=O)(/N=c1/scc(-c2ccccc2)n1C1CCCCC1)c1ccc(Br)cc1. The van der Waals surface area contributed by atoms with Crippen LogP contribution in [0.5, 0.6) is 0 Å². The highest BCUT2D eigenvalue weighted by atomic mass is 79.9. The molecule has 0 N–H and O–H groups in total. The fraction of sp³-hybridized carbons (Fsp3) is 0.286. The molecule has 0 amide bonds. The lowest BCUT2D eigenvalue weighted by atomic mass is 9.95. The zero-order chi connectivity index (χ0) is 19.6. The second kappa shape index (κ2) is 8.35. The number of hydrogen-bond donors (Lipinski definition) is 0. The Balaban J connectivity index is 1.85. The minimum absolute atomic E-state index is 0.209. The van der Waals surface area contributed by atoms with E-state index in [9.17, 15) is 8.42 Å². The van der Waals surface area contributed by atoms with Crippen LogP contribution in [0.4, 0.5) is 0 Å². The Morgan fingerprint density at radius 2 is 1.64 bits per heavy atom. The Morgan fingerprint density at radius 1 is 0.964 bits per heavy atom. The van der Waals surface area contributed by atoms with Gasteiger partial charge in [-0.15, -0.1) is 15.7 Å². The molecule has 1 aliphatic carbocycles. The molecule has 3 aromatic rings. The van der Waals surface area contributed by atoms with Gasteiger partial charge in [-0.25, -0.2) is 0 Å². The van der Waals surface area contributed by atoms with Crippen LogP contribution in [0, 0.1) is 0 Å². The van der Waals surface area contributed by atoms with Gasteiger partial charge in [0.05, 0.1) is 10.6 Å². The molecule has 1 saturated carbocycles. The van der Waals surface area contributed by atoms with Crippen LogP contribution in [-0.2, 0) is 10.0 Å². The molecule has 7 heteroatoms. The highest BCUT2D eigenvalue weighted by Crippen LogP contribution is 2.32. The molecule has 146 valence electrons. The smallest absolute Gasteiger partial charge is 0.285 e. The van der Waals surface area contributed by atoms with Crippen LogP contribution in [-0.4, -0.2) is 13.0 Å². The molecule has 1 fully saturated rings. The summed E-state index contributed by atoms with van der Waals surface area (Å²) in [6, 6.07) is 17.0. The number of benzene rings is 2. The summed E-state index contributed by atoms with van der Waals surface area (Å²) < 4.78 is 33.0. The van der Waals surface area contributed by atoms with Crippen LogP contribution in [0.3, 0.4) is 0 Å². The van der Waals surface area contributed by atoms with Gasteiger partial charge < -0.3 is 4.57 Å². The summed E-state index contributed by atoms with van der Waals surface area (Å²) in [7, 11) is -3.77. The Hall–Kier alpha value is -1.70. The van der Waals surface area contributed by atoms with Crippen molar-refractivity contribution in [3.05, 3.63) is 69.3 Å². The summed E-state index contributed by atoms with van der Waals surface area (Å²) in [5.74, 6) is 0. The highest BCUT2D eigenvalue weighted by molar-refractivity contribution is 9.10. The lowest BCUT2D eigenvalue weighted by Gasteiger charge is -2.25. The number of rotatable bonds is 4. The van der Waals surface area contributed by atoms with Crippen molar-refractivity contribution in [2.75, 3.05) is 0 Å². The summed E-state index contributed by atoms with van der Waals surface area (Å²) in [5.41, 5.74) is 2.13. The van der Waals surface area contributed by atoms with Crippen LogP contribution < -0.4 is 4.80 Å². The van der Waals surface area contributed by atoms with Crippen molar-refractivity contribution in [1.29, 1.82) is 0 Å². The monoisotopic (exact) mass is 476 g/mol. The molecule has 1 aliphatic rings. The molecule has 0 atom stereocenters. The van der Waals surface area contributed by atoms with Gasteiger partial charge in [-0.1, -0.05) is 65.5 Å². The molecule has 0 unspecified atom stereocenters. The fourth-order valence-electron chi connectivity index (χ4n) is 3.66. The van der Waals surface area contributed by atoms with E-state index in [1.807, 2.05) is 23.6 Å². The molecule has 0 aliphatic heterocycles. The molecule has 28 heavy (non-hydrogen) atoms. The third-order valence-electron chi connectivity index (χ3n) is 5.06. The number of sulfonamides is 1. The number of halogens is 1. The Morgan fingerprint density at radius 3 is 2.32 bits per heavy atom. The second-order valence-corrected chi connectivity index (χ2v) is 10.3. The summed E-state index contributed by atoms with van der Waals surface area (Å²) in [6.45, 7) is 0. The first-order valence-electron chi connectivity index (χ1n) is 9.37. The number of aromatic nitrogens is 1. The zero-order valence-corrected chi connectivity index (χ0v) is 18.5. The van der Waals surface area contributed by atoms with E-state index >= 15 is 0 Å². The quantitative estimate of drug-likeness (QED) is 0.479. The van der Waals surface area contributed by atoms with Crippen molar-refractivity contribution < 1.29 is 8.42 Å². The fourth-order valence-corrected chi connectivity index (χ4v) is 6.10. The van der Waals surface area contributed by atoms with Crippen LogP contribution in [0.15, 0.2) is 73.7 Å². The van der Waals surface area contributed by atoms with Crippen molar-refractivity contribution in [3.8, 4) is 11.3 Å². The number of nitrogens with zero attached hydrogens (tertiary/aromatic N) is 2. The van der Waals surface area contributed by atoms with E-state index < -0.39 is 10.0 Å². The maximum atomic E-state index is 12.9. The normalized spacial score (nSPS) is 16.4. The molecule has 1 aromatic heterocycles. The van der Waals surface area contributed by atoms with Crippen LogP contribution in [0.1, 0.15) is 38.1 Å². The molecule has 0 radical (unpaired) electrons. The third-order valence-corrected chi connectivity index (χ3v) is 7.83. The predicted octanol–water partition coefficient (Wildman–Crippen LogP) is 5.77. The molecule has 0 spiro atoms. The van der Waals surface area contributed by atoms with E-state index in [0.717, 1.165) is 28.6 Å². The zero-order valence-electron chi connectivity index (χ0n) is 15.3. The van der Waals surface area contributed by atoms with Gasteiger partial charge in [-0.05, 0) is 42.7 Å². The third kappa shape index (κ3) is 4.16. The van der Waals surface area contributed by atoms with Crippen molar-refractivity contribution in [2.24, 2.45) is 4.40 Å². The van der Waals surface area contributed by atoms with Gasteiger partial charge >= 0.3 is 0 Å². The summed E-state index contributed by atoms with van der Waals surface area (Å²) in [6.07, 6.45) is 5.69. The first-order chi connectivity index (χ1) is 13.5. The van der Waals surface area contributed by atoms with Gasteiger partial charge in [0, 0.05) is 15.9 Å². The first-order valence-corrected chi connectivity index (χ1v) is 12.5. The molecule has 0 bridgehead atoms. The van der Waals surface area contributed by atoms with E-state index in [-0.39, 0.29) is 10.9 Å². The number of hydrogen-bond acceptors (Lipinski definition) is 3. The van der Waals surface area contributed by atoms with E-state index in [0.29, 0.717) is 4.80 Å². The molecule has 0 saturated heterocycles.